The number of hydrogen-bond acceptors (Lipinski definition) is 3. The summed E-state index contributed by atoms with van der Waals surface area (Å²) in [7, 11) is -3.62. The molecule has 1 N–H and O–H groups in total. The van der Waals surface area contributed by atoms with Crippen LogP contribution in [0.1, 0.15) is 17.1 Å². The standard InChI is InChI=1S/C13H14ClNO3S/c1-9-7-11(10(2)18-9)8-15-19(16,17)13-6-4-3-5-12(13)14/h3-7,15H,8H2,1-2H3. The molecule has 0 aliphatic carbocycles. The highest BCUT2D eigenvalue weighted by Gasteiger charge is 2.17. The minimum atomic E-state index is -3.62. The summed E-state index contributed by atoms with van der Waals surface area (Å²) >= 11 is 5.89. The van der Waals surface area contributed by atoms with E-state index in [4.69, 9.17) is 16.0 Å². The Hall–Kier alpha value is -1.30. The van der Waals surface area contributed by atoms with E-state index in [-0.39, 0.29) is 16.5 Å². The molecule has 1 heterocycles. The highest BCUT2D eigenvalue weighted by Crippen LogP contribution is 2.21. The first-order valence-corrected chi connectivity index (χ1v) is 7.56. The summed E-state index contributed by atoms with van der Waals surface area (Å²) in [4.78, 5) is 0.0783. The lowest BCUT2D eigenvalue weighted by Crippen LogP contribution is -2.23. The average Bonchev–Trinajstić information content (AvgIpc) is 2.66. The van der Waals surface area contributed by atoms with E-state index in [1.165, 1.54) is 6.07 Å². The van der Waals surface area contributed by atoms with Gasteiger partial charge in [-0.05, 0) is 32.0 Å². The van der Waals surface area contributed by atoms with E-state index in [0.717, 1.165) is 11.3 Å². The maximum Gasteiger partial charge on any atom is 0.242 e. The molecule has 2 aromatic rings. The molecule has 0 aliphatic heterocycles. The van der Waals surface area contributed by atoms with Crippen LogP contribution in [0.5, 0.6) is 0 Å². The first-order chi connectivity index (χ1) is 8.90. The summed E-state index contributed by atoms with van der Waals surface area (Å²) < 4.78 is 32.1. The second-order valence-corrected chi connectivity index (χ2v) is 6.34. The van der Waals surface area contributed by atoms with Crippen molar-refractivity contribution in [2.24, 2.45) is 0 Å². The van der Waals surface area contributed by atoms with Gasteiger partial charge in [-0.15, -0.1) is 0 Å². The zero-order valence-corrected chi connectivity index (χ0v) is 12.2. The highest BCUT2D eigenvalue weighted by atomic mass is 35.5. The lowest BCUT2D eigenvalue weighted by atomic mass is 10.2. The molecule has 0 atom stereocenters. The van der Waals surface area contributed by atoms with E-state index < -0.39 is 10.0 Å². The zero-order chi connectivity index (χ0) is 14.0. The topological polar surface area (TPSA) is 59.3 Å². The quantitative estimate of drug-likeness (QED) is 0.944. The Morgan fingerprint density at radius 3 is 2.53 bits per heavy atom. The molecule has 0 amide bonds. The third-order valence-electron chi connectivity index (χ3n) is 2.72. The number of benzene rings is 1. The monoisotopic (exact) mass is 299 g/mol. The highest BCUT2D eigenvalue weighted by molar-refractivity contribution is 7.89. The molecule has 0 unspecified atom stereocenters. The maximum atomic E-state index is 12.1. The van der Waals surface area contributed by atoms with Crippen molar-refractivity contribution in [2.75, 3.05) is 0 Å². The van der Waals surface area contributed by atoms with Gasteiger partial charge in [-0.1, -0.05) is 23.7 Å². The van der Waals surface area contributed by atoms with Crippen molar-refractivity contribution in [3.63, 3.8) is 0 Å². The number of nitrogens with one attached hydrogen (secondary N) is 1. The van der Waals surface area contributed by atoms with Crippen LogP contribution in [-0.2, 0) is 16.6 Å². The molecule has 19 heavy (non-hydrogen) atoms. The normalized spacial score (nSPS) is 11.7. The number of aryl methyl sites for hydroxylation is 2. The molecule has 102 valence electrons. The fourth-order valence-corrected chi connectivity index (χ4v) is 3.30. The first kappa shape index (κ1) is 14.1. The van der Waals surface area contributed by atoms with Gasteiger partial charge in [-0.3, -0.25) is 0 Å². The molecule has 0 bridgehead atoms. The lowest BCUT2D eigenvalue weighted by Gasteiger charge is -2.07. The van der Waals surface area contributed by atoms with Gasteiger partial charge in [-0.2, -0.15) is 0 Å². The van der Waals surface area contributed by atoms with Gasteiger partial charge < -0.3 is 4.42 Å². The Morgan fingerprint density at radius 1 is 1.26 bits per heavy atom. The van der Waals surface area contributed by atoms with E-state index in [1.807, 2.05) is 13.0 Å². The molecule has 4 nitrogen and oxygen atoms in total. The van der Waals surface area contributed by atoms with Crippen LogP contribution in [0, 0.1) is 13.8 Å². The summed E-state index contributed by atoms with van der Waals surface area (Å²) in [5, 5.41) is 0.204. The van der Waals surface area contributed by atoms with Crippen molar-refractivity contribution < 1.29 is 12.8 Å². The molecule has 1 aromatic heterocycles. The molecule has 0 saturated carbocycles. The SMILES string of the molecule is Cc1cc(CNS(=O)(=O)c2ccccc2Cl)c(C)o1. The van der Waals surface area contributed by atoms with Gasteiger partial charge in [-0.25, -0.2) is 13.1 Å². The fraction of sp³-hybridized carbons (Fsp3) is 0.231. The van der Waals surface area contributed by atoms with Crippen molar-refractivity contribution in [1.29, 1.82) is 0 Å². The van der Waals surface area contributed by atoms with Crippen molar-refractivity contribution in [2.45, 2.75) is 25.3 Å². The van der Waals surface area contributed by atoms with E-state index >= 15 is 0 Å². The minimum Gasteiger partial charge on any atom is -0.466 e. The molecule has 0 fully saturated rings. The Balaban J connectivity index is 2.19. The van der Waals surface area contributed by atoms with Gasteiger partial charge in [0, 0.05) is 12.1 Å². The summed E-state index contributed by atoms with van der Waals surface area (Å²) in [6.07, 6.45) is 0. The number of rotatable bonds is 4. The van der Waals surface area contributed by atoms with E-state index in [1.54, 1.807) is 25.1 Å². The molecular formula is C13H14ClNO3S. The molecule has 0 saturated heterocycles. The zero-order valence-electron chi connectivity index (χ0n) is 10.6. The largest absolute Gasteiger partial charge is 0.466 e. The predicted molar refractivity (Wildman–Crippen MR) is 73.7 cm³/mol. The van der Waals surface area contributed by atoms with Crippen molar-refractivity contribution in [1.82, 2.24) is 4.72 Å². The van der Waals surface area contributed by atoms with Crippen LogP contribution in [0.25, 0.3) is 0 Å². The third-order valence-corrected chi connectivity index (χ3v) is 4.62. The molecule has 1 aromatic carbocycles. The molecular weight excluding hydrogens is 286 g/mol. The second kappa shape index (κ2) is 5.36. The average molecular weight is 300 g/mol. The minimum absolute atomic E-state index is 0.0783. The smallest absolute Gasteiger partial charge is 0.242 e. The van der Waals surface area contributed by atoms with Gasteiger partial charge in [0.15, 0.2) is 0 Å². The molecule has 0 aliphatic rings. The van der Waals surface area contributed by atoms with Gasteiger partial charge in [0.1, 0.15) is 16.4 Å². The van der Waals surface area contributed by atoms with Crippen LogP contribution < -0.4 is 4.72 Å². The van der Waals surface area contributed by atoms with Crippen molar-refractivity contribution >= 4 is 21.6 Å². The Labute approximate surface area is 117 Å². The summed E-state index contributed by atoms with van der Waals surface area (Å²) in [5.74, 6) is 1.46. The number of hydrogen-bond donors (Lipinski definition) is 1. The van der Waals surface area contributed by atoms with Crippen LogP contribution in [0.4, 0.5) is 0 Å². The van der Waals surface area contributed by atoms with Crippen LogP contribution >= 0.6 is 11.6 Å². The molecule has 0 spiro atoms. The third kappa shape index (κ3) is 3.18. The number of furan rings is 1. The van der Waals surface area contributed by atoms with E-state index in [2.05, 4.69) is 4.72 Å². The van der Waals surface area contributed by atoms with Gasteiger partial charge >= 0.3 is 0 Å². The van der Waals surface area contributed by atoms with E-state index in [9.17, 15) is 8.42 Å². The molecule has 0 radical (unpaired) electrons. The van der Waals surface area contributed by atoms with Gasteiger partial charge in [0.25, 0.3) is 0 Å². The summed E-state index contributed by atoms with van der Waals surface area (Å²) in [6.45, 7) is 3.79. The van der Waals surface area contributed by atoms with Crippen molar-refractivity contribution in [3.05, 3.63) is 52.4 Å². The summed E-state index contributed by atoms with van der Waals surface area (Å²) in [5.41, 5.74) is 0.813. The summed E-state index contributed by atoms with van der Waals surface area (Å²) in [6, 6.07) is 8.14. The second-order valence-electron chi connectivity index (χ2n) is 4.19. The number of halogens is 1. The van der Waals surface area contributed by atoms with Crippen molar-refractivity contribution in [3.8, 4) is 0 Å². The molecule has 6 heteroatoms. The Kier molecular flexibility index (Phi) is 3.99. The van der Waals surface area contributed by atoms with Crippen LogP contribution in [-0.4, -0.2) is 8.42 Å². The molecule has 2 rings (SSSR count). The van der Waals surface area contributed by atoms with Crippen LogP contribution in [0.2, 0.25) is 5.02 Å². The Morgan fingerprint density at radius 2 is 1.95 bits per heavy atom. The number of sulfonamides is 1. The fourth-order valence-electron chi connectivity index (χ4n) is 1.77. The van der Waals surface area contributed by atoms with Gasteiger partial charge in [0.2, 0.25) is 10.0 Å². The van der Waals surface area contributed by atoms with Crippen LogP contribution in [0.3, 0.4) is 0 Å². The lowest BCUT2D eigenvalue weighted by molar-refractivity contribution is 0.500. The van der Waals surface area contributed by atoms with Crippen LogP contribution in [0.15, 0.2) is 39.6 Å². The maximum absolute atomic E-state index is 12.1. The predicted octanol–water partition coefficient (Wildman–Crippen LogP) is 3.03. The van der Waals surface area contributed by atoms with E-state index in [0.29, 0.717) is 5.76 Å². The first-order valence-electron chi connectivity index (χ1n) is 5.70. The van der Waals surface area contributed by atoms with Gasteiger partial charge in [0.05, 0.1) is 5.02 Å². The Bertz CT molecular complexity index is 692.